The van der Waals surface area contributed by atoms with Crippen molar-refractivity contribution in [3.05, 3.63) is 95.1 Å². The second-order valence-electron chi connectivity index (χ2n) is 6.84. The fourth-order valence-corrected chi connectivity index (χ4v) is 3.40. The van der Waals surface area contributed by atoms with E-state index in [1.54, 1.807) is 12.1 Å². The van der Waals surface area contributed by atoms with E-state index >= 15 is 0 Å². The molecule has 2 aromatic carbocycles. The van der Waals surface area contributed by atoms with Crippen molar-refractivity contribution in [1.82, 2.24) is 4.90 Å². The number of rotatable bonds is 5. The minimum atomic E-state index is -0.361. The lowest BCUT2D eigenvalue weighted by Crippen LogP contribution is -2.31. The van der Waals surface area contributed by atoms with Crippen LogP contribution in [0.1, 0.15) is 22.5 Å². The van der Waals surface area contributed by atoms with E-state index in [-0.39, 0.29) is 24.1 Å². The highest BCUT2D eigenvalue weighted by molar-refractivity contribution is 6.36. The van der Waals surface area contributed by atoms with Crippen LogP contribution in [0.5, 0.6) is 0 Å². The molecule has 1 aromatic heterocycles. The van der Waals surface area contributed by atoms with Gasteiger partial charge in [-0.05, 0) is 49.2 Å². The number of aryl methyl sites for hydroxylation is 2. The standard InChI is InChI=1S/C23H20N2O3/c1-15-10-11-19(16(2)13-15)20-21(24-17-7-4-3-5-8-17)23(27)25(22(20)26)14-18-9-6-12-28-18/h3-13,24H,14H2,1-2H3. The van der Waals surface area contributed by atoms with Crippen LogP contribution in [-0.2, 0) is 16.1 Å². The minimum Gasteiger partial charge on any atom is -0.467 e. The average molecular weight is 372 g/mol. The Morgan fingerprint density at radius 1 is 0.929 bits per heavy atom. The molecule has 0 spiro atoms. The third-order valence-corrected chi connectivity index (χ3v) is 4.76. The van der Waals surface area contributed by atoms with Gasteiger partial charge in [-0.25, -0.2) is 0 Å². The Bertz CT molecular complexity index is 1070. The van der Waals surface area contributed by atoms with Gasteiger partial charge in [-0.2, -0.15) is 0 Å². The minimum absolute atomic E-state index is 0.0963. The van der Waals surface area contributed by atoms with Gasteiger partial charge in [0.25, 0.3) is 11.8 Å². The molecule has 1 N–H and O–H groups in total. The largest absolute Gasteiger partial charge is 0.467 e. The van der Waals surface area contributed by atoms with E-state index in [4.69, 9.17) is 4.42 Å². The highest BCUT2D eigenvalue weighted by atomic mass is 16.3. The predicted octanol–water partition coefficient (Wildman–Crippen LogP) is 4.29. The zero-order valence-electron chi connectivity index (χ0n) is 15.7. The predicted molar refractivity (Wildman–Crippen MR) is 107 cm³/mol. The summed E-state index contributed by atoms with van der Waals surface area (Å²) in [4.78, 5) is 27.6. The van der Waals surface area contributed by atoms with Gasteiger partial charge < -0.3 is 9.73 Å². The molecule has 5 nitrogen and oxygen atoms in total. The van der Waals surface area contributed by atoms with Crippen molar-refractivity contribution in [3.63, 3.8) is 0 Å². The number of furan rings is 1. The number of benzene rings is 2. The lowest BCUT2D eigenvalue weighted by molar-refractivity contribution is -0.137. The highest BCUT2D eigenvalue weighted by Crippen LogP contribution is 2.33. The first kappa shape index (κ1) is 17.8. The van der Waals surface area contributed by atoms with Crippen LogP contribution in [-0.4, -0.2) is 16.7 Å². The number of amides is 2. The van der Waals surface area contributed by atoms with Gasteiger partial charge in [-0.15, -0.1) is 0 Å². The molecule has 28 heavy (non-hydrogen) atoms. The van der Waals surface area contributed by atoms with Crippen LogP contribution in [0, 0.1) is 13.8 Å². The SMILES string of the molecule is Cc1ccc(C2=C(Nc3ccccc3)C(=O)N(Cc3ccco3)C2=O)c(C)c1. The van der Waals surface area contributed by atoms with E-state index in [9.17, 15) is 9.59 Å². The van der Waals surface area contributed by atoms with Crippen LogP contribution in [0.25, 0.3) is 5.57 Å². The Hall–Kier alpha value is -3.60. The number of para-hydroxylation sites is 1. The molecule has 0 aliphatic carbocycles. The molecule has 0 unspecified atom stereocenters. The van der Waals surface area contributed by atoms with Crippen molar-refractivity contribution in [3.8, 4) is 0 Å². The number of anilines is 1. The third-order valence-electron chi connectivity index (χ3n) is 4.76. The zero-order chi connectivity index (χ0) is 19.7. The lowest BCUT2D eigenvalue weighted by atomic mass is 9.97. The van der Waals surface area contributed by atoms with E-state index in [1.807, 2.05) is 62.4 Å². The fraction of sp³-hybridized carbons (Fsp3) is 0.130. The summed E-state index contributed by atoms with van der Waals surface area (Å²) in [5, 5.41) is 3.16. The Kier molecular flexibility index (Phi) is 4.57. The highest BCUT2D eigenvalue weighted by Gasteiger charge is 2.40. The molecule has 5 heteroatoms. The molecule has 0 fully saturated rings. The first-order chi connectivity index (χ1) is 13.5. The van der Waals surface area contributed by atoms with Crippen LogP contribution in [0.3, 0.4) is 0 Å². The summed E-state index contributed by atoms with van der Waals surface area (Å²) < 4.78 is 5.34. The molecule has 0 saturated heterocycles. The molecule has 0 atom stereocenters. The molecule has 3 aromatic rings. The zero-order valence-corrected chi connectivity index (χ0v) is 15.7. The molecule has 0 bridgehead atoms. The van der Waals surface area contributed by atoms with Gasteiger partial charge in [0.05, 0.1) is 18.4 Å². The molecule has 2 heterocycles. The van der Waals surface area contributed by atoms with Gasteiger partial charge in [-0.3, -0.25) is 14.5 Å². The van der Waals surface area contributed by atoms with Crippen molar-refractivity contribution >= 4 is 23.1 Å². The van der Waals surface area contributed by atoms with E-state index < -0.39 is 0 Å². The number of imide groups is 1. The van der Waals surface area contributed by atoms with Gasteiger partial charge >= 0.3 is 0 Å². The molecule has 2 amide bonds. The number of nitrogens with zero attached hydrogens (tertiary/aromatic N) is 1. The van der Waals surface area contributed by atoms with Crippen LogP contribution in [0.4, 0.5) is 5.69 Å². The van der Waals surface area contributed by atoms with Gasteiger partial charge in [0, 0.05) is 5.69 Å². The summed E-state index contributed by atoms with van der Waals surface area (Å²) in [7, 11) is 0. The van der Waals surface area contributed by atoms with E-state index in [0.29, 0.717) is 11.3 Å². The topological polar surface area (TPSA) is 62.6 Å². The quantitative estimate of drug-likeness (QED) is 0.679. The van der Waals surface area contributed by atoms with Gasteiger partial charge in [0.1, 0.15) is 11.5 Å². The molecule has 140 valence electrons. The first-order valence-corrected chi connectivity index (χ1v) is 9.07. The molecule has 0 saturated carbocycles. The van der Waals surface area contributed by atoms with Crippen LogP contribution in [0.2, 0.25) is 0 Å². The second-order valence-corrected chi connectivity index (χ2v) is 6.84. The molecule has 0 radical (unpaired) electrons. The summed E-state index contributed by atoms with van der Waals surface area (Å²) in [6.45, 7) is 4.04. The van der Waals surface area contributed by atoms with Crippen molar-refractivity contribution < 1.29 is 14.0 Å². The Morgan fingerprint density at radius 3 is 2.39 bits per heavy atom. The van der Waals surface area contributed by atoms with Gasteiger partial charge in [0.15, 0.2) is 0 Å². The monoisotopic (exact) mass is 372 g/mol. The average Bonchev–Trinajstić information content (AvgIpc) is 3.27. The second kappa shape index (κ2) is 7.19. The normalized spacial score (nSPS) is 14.1. The molecular weight excluding hydrogens is 352 g/mol. The molecular formula is C23H20N2O3. The summed E-state index contributed by atoms with van der Waals surface area (Å²) in [6, 6.07) is 18.7. The van der Waals surface area contributed by atoms with Crippen molar-refractivity contribution in [2.45, 2.75) is 20.4 Å². The molecule has 4 rings (SSSR count). The maximum absolute atomic E-state index is 13.2. The maximum atomic E-state index is 13.2. The number of hydrogen-bond donors (Lipinski definition) is 1. The van der Waals surface area contributed by atoms with Crippen molar-refractivity contribution in [1.29, 1.82) is 0 Å². The van der Waals surface area contributed by atoms with Gasteiger partial charge in [-0.1, -0.05) is 42.0 Å². The molecule has 1 aliphatic heterocycles. The summed E-state index contributed by atoms with van der Waals surface area (Å²) in [6.07, 6.45) is 1.53. The summed E-state index contributed by atoms with van der Waals surface area (Å²) in [5.41, 5.74) is 4.23. The Labute approximate surface area is 163 Å². The summed E-state index contributed by atoms with van der Waals surface area (Å²) in [5.74, 6) is -0.130. The van der Waals surface area contributed by atoms with E-state index in [2.05, 4.69) is 5.32 Å². The van der Waals surface area contributed by atoms with E-state index in [0.717, 1.165) is 22.4 Å². The van der Waals surface area contributed by atoms with Gasteiger partial charge in [0.2, 0.25) is 0 Å². The number of nitrogens with one attached hydrogen (secondary N) is 1. The maximum Gasteiger partial charge on any atom is 0.278 e. The number of hydrogen-bond acceptors (Lipinski definition) is 4. The van der Waals surface area contributed by atoms with Crippen LogP contribution in [0.15, 0.2) is 77.0 Å². The first-order valence-electron chi connectivity index (χ1n) is 9.07. The van der Waals surface area contributed by atoms with Crippen LogP contribution < -0.4 is 5.32 Å². The van der Waals surface area contributed by atoms with E-state index in [1.165, 1.54) is 11.2 Å². The number of carbonyl (C=O) groups is 2. The Balaban J connectivity index is 1.79. The van der Waals surface area contributed by atoms with Crippen molar-refractivity contribution in [2.75, 3.05) is 5.32 Å². The third kappa shape index (κ3) is 3.22. The lowest BCUT2D eigenvalue weighted by Gasteiger charge is -2.14. The molecule has 1 aliphatic rings. The Morgan fingerprint density at radius 2 is 1.71 bits per heavy atom. The number of carbonyl (C=O) groups excluding carboxylic acids is 2. The van der Waals surface area contributed by atoms with Crippen LogP contribution >= 0.6 is 0 Å². The summed E-state index contributed by atoms with van der Waals surface area (Å²) >= 11 is 0. The smallest absolute Gasteiger partial charge is 0.278 e. The van der Waals surface area contributed by atoms with Crippen molar-refractivity contribution in [2.24, 2.45) is 0 Å². The fourth-order valence-electron chi connectivity index (χ4n) is 3.40.